The van der Waals surface area contributed by atoms with E-state index in [0.29, 0.717) is 19.3 Å². The van der Waals surface area contributed by atoms with Crippen LogP contribution in [0.15, 0.2) is 48.6 Å². The largest absolute Gasteiger partial charge is 0.472 e. The van der Waals surface area contributed by atoms with E-state index in [1.807, 2.05) is 24.3 Å². The van der Waals surface area contributed by atoms with Gasteiger partial charge in [0.25, 0.3) is 0 Å². The van der Waals surface area contributed by atoms with E-state index in [1.165, 1.54) is 38.5 Å². The monoisotopic (exact) mass is 882 g/mol. The lowest BCUT2D eigenvalue weighted by Crippen LogP contribution is -2.30. The molecule has 5 atom stereocenters. The molecule has 0 radical (unpaired) electrons. The van der Waals surface area contributed by atoms with Gasteiger partial charge in [0.15, 0.2) is 6.10 Å². The van der Waals surface area contributed by atoms with Gasteiger partial charge in [0.2, 0.25) is 0 Å². The number of allylic oxidation sites excluding steroid dienone is 6. The predicted octanol–water partition coefficient (Wildman–Crippen LogP) is 8.47. The topological polar surface area (TPSA) is 236 Å². The summed E-state index contributed by atoms with van der Waals surface area (Å²) >= 11 is 0. The molecule has 15 nitrogen and oxygen atoms in total. The number of aliphatic hydroxyl groups is 3. The van der Waals surface area contributed by atoms with Gasteiger partial charge in [0, 0.05) is 12.8 Å². The minimum atomic E-state index is -4.89. The average Bonchev–Trinajstić information content (AvgIpc) is 3.16. The van der Waals surface area contributed by atoms with Crippen LogP contribution in [0.3, 0.4) is 0 Å². The average molecular weight is 883 g/mol. The van der Waals surface area contributed by atoms with Crippen LogP contribution in [0, 0.1) is 5.92 Å². The highest BCUT2D eigenvalue weighted by atomic mass is 31.2. The van der Waals surface area contributed by atoms with E-state index in [9.17, 15) is 38.9 Å². The zero-order chi connectivity index (χ0) is 44.2. The van der Waals surface area contributed by atoms with E-state index in [0.717, 1.165) is 57.3 Å². The van der Waals surface area contributed by atoms with Gasteiger partial charge in [-0.1, -0.05) is 153 Å². The Morgan fingerprint density at radius 3 is 1.63 bits per heavy atom. The first-order valence-corrected chi connectivity index (χ1v) is 24.4. The molecule has 0 saturated heterocycles. The number of phosphoric ester groups is 2. The highest BCUT2D eigenvalue weighted by molar-refractivity contribution is 7.47. The zero-order valence-electron chi connectivity index (χ0n) is 35.7. The van der Waals surface area contributed by atoms with Crippen LogP contribution >= 0.6 is 15.6 Å². The van der Waals surface area contributed by atoms with Crippen LogP contribution in [0.1, 0.15) is 149 Å². The van der Waals surface area contributed by atoms with Gasteiger partial charge >= 0.3 is 27.6 Å². The van der Waals surface area contributed by atoms with Crippen molar-refractivity contribution >= 4 is 27.6 Å². The Morgan fingerprint density at radius 2 is 1.07 bits per heavy atom. The van der Waals surface area contributed by atoms with Gasteiger partial charge < -0.3 is 39.5 Å². The molecule has 0 aromatic heterocycles. The number of unbranched alkanes of at least 4 members (excludes halogenated alkanes) is 11. The lowest BCUT2D eigenvalue weighted by Gasteiger charge is -2.20. The standard InChI is InChI=1S/C42H76O15P2/c1-4-5-19-26-37(43)27-21-16-12-10-13-17-22-28-38(44)29-24-31-41(46)53-34-40(35-56-59(51,52)55-33-39(45)32-54-58(48,49)50)57-42(47)30-23-18-14-9-7-6-8-11-15-20-25-36(2)3/h12-13,16-17,21-22,27-28,36-40,43-45H,4-11,14-15,18-20,23-26,29-35H2,1-3H3,(H,51,52)(H2,48,49,50)/b16-12-,17-13-,27-21+,28-22+/t37-,38-,39-,40+/m0/s1. The fraction of sp³-hybridized carbons (Fsp3) is 0.762. The summed E-state index contributed by atoms with van der Waals surface area (Å²) in [5.74, 6) is -0.508. The van der Waals surface area contributed by atoms with Gasteiger partial charge in [-0.05, 0) is 38.0 Å². The molecule has 0 heterocycles. The van der Waals surface area contributed by atoms with Crippen LogP contribution < -0.4 is 0 Å². The number of phosphoric acid groups is 2. The van der Waals surface area contributed by atoms with Crippen molar-refractivity contribution in [3.05, 3.63) is 48.6 Å². The second-order valence-corrected chi connectivity index (χ2v) is 17.8. The van der Waals surface area contributed by atoms with Gasteiger partial charge in [-0.3, -0.25) is 23.2 Å². The molecular formula is C42H76O15P2. The number of hydrogen-bond donors (Lipinski definition) is 6. The SMILES string of the molecule is CCCCC[C@H](O)/C=C/C=C\C/C=C\C=C\[C@H](O)CCCC(=O)OC[C@H](COP(=O)(O)OC[C@@H](O)COP(=O)(O)O)OC(=O)CCCCCCCCCCCCC(C)C. The van der Waals surface area contributed by atoms with E-state index >= 15 is 0 Å². The van der Waals surface area contributed by atoms with Crippen molar-refractivity contribution in [2.45, 2.75) is 174 Å². The van der Waals surface area contributed by atoms with E-state index in [1.54, 1.807) is 24.3 Å². The molecule has 0 fully saturated rings. The number of ether oxygens (including phenoxy) is 2. The molecule has 0 aromatic rings. The van der Waals surface area contributed by atoms with Crippen molar-refractivity contribution in [3.63, 3.8) is 0 Å². The number of carbonyl (C=O) groups excluding carboxylic acids is 2. The third kappa shape index (κ3) is 41.1. The lowest BCUT2D eigenvalue weighted by molar-refractivity contribution is -0.161. The molecule has 0 saturated carbocycles. The van der Waals surface area contributed by atoms with Crippen LogP contribution in [0.4, 0.5) is 0 Å². The fourth-order valence-electron chi connectivity index (χ4n) is 5.51. The Morgan fingerprint density at radius 1 is 0.576 bits per heavy atom. The summed E-state index contributed by atoms with van der Waals surface area (Å²) < 4.78 is 47.5. The fourth-order valence-corrected chi connectivity index (χ4v) is 6.67. The molecule has 0 spiro atoms. The molecule has 344 valence electrons. The van der Waals surface area contributed by atoms with Crippen molar-refractivity contribution in [1.29, 1.82) is 0 Å². The summed E-state index contributed by atoms with van der Waals surface area (Å²) in [4.78, 5) is 52.6. The molecule has 17 heteroatoms. The van der Waals surface area contributed by atoms with E-state index in [4.69, 9.17) is 23.8 Å². The summed E-state index contributed by atoms with van der Waals surface area (Å²) in [6, 6.07) is 0. The first kappa shape index (κ1) is 57.0. The third-order valence-electron chi connectivity index (χ3n) is 8.85. The Balaban J connectivity index is 4.75. The van der Waals surface area contributed by atoms with Crippen molar-refractivity contribution in [2.24, 2.45) is 5.92 Å². The predicted molar refractivity (Wildman–Crippen MR) is 228 cm³/mol. The molecule has 0 aliphatic carbocycles. The normalized spacial score (nSPS) is 15.7. The Kier molecular flexibility index (Phi) is 35.4. The van der Waals surface area contributed by atoms with E-state index in [2.05, 4.69) is 29.8 Å². The van der Waals surface area contributed by atoms with Gasteiger partial charge in [-0.25, -0.2) is 9.13 Å². The van der Waals surface area contributed by atoms with Crippen molar-refractivity contribution < 1.29 is 71.8 Å². The summed E-state index contributed by atoms with van der Waals surface area (Å²) in [7, 11) is -9.75. The first-order chi connectivity index (χ1) is 28.0. The Bertz CT molecular complexity index is 1280. The Labute approximate surface area is 353 Å². The zero-order valence-corrected chi connectivity index (χ0v) is 37.5. The van der Waals surface area contributed by atoms with Crippen LogP contribution in [-0.4, -0.2) is 92.8 Å². The number of esters is 2. The smallest absolute Gasteiger partial charge is 0.462 e. The molecule has 0 bridgehead atoms. The van der Waals surface area contributed by atoms with Crippen LogP contribution in [0.25, 0.3) is 0 Å². The van der Waals surface area contributed by atoms with Crippen LogP contribution in [0.5, 0.6) is 0 Å². The van der Waals surface area contributed by atoms with Crippen LogP contribution in [-0.2, 0) is 41.8 Å². The highest BCUT2D eigenvalue weighted by Crippen LogP contribution is 2.43. The number of aliphatic hydroxyl groups excluding tert-OH is 3. The molecule has 59 heavy (non-hydrogen) atoms. The second kappa shape index (κ2) is 36.6. The van der Waals surface area contributed by atoms with Crippen molar-refractivity contribution in [3.8, 4) is 0 Å². The molecule has 0 aromatic carbocycles. The third-order valence-corrected chi connectivity index (χ3v) is 10.3. The first-order valence-electron chi connectivity index (χ1n) is 21.4. The van der Waals surface area contributed by atoms with Gasteiger partial charge in [-0.15, -0.1) is 0 Å². The molecule has 0 rings (SSSR count). The maximum Gasteiger partial charge on any atom is 0.472 e. The summed E-state index contributed by atoms with van der Waals surface area (Å²) in [5.41, 5.74) is 0. The van der Waals surface area contributed by atoms with Crippen molar-refractivity contribution in [1.82, 2.24) is 0 Å². The minimum absolute atomic E-state index is 0.0534. The van der Waals surface area contributed by atoms with E-state index < -0.39 is 78.4 Å². The summed E-state index contributed by atoms with van der Waals surface area (Å²) in [6.45, 7) is 3.67. The molecular weight excluding hydrogens is 806 g/mol. The van der Waals surface area contributed by atoms with Gasteiger partial charge in [0.1, 0.15) is 12.7 Å². The summed E-state index contributed by atoms with van der Waals surface area (Å²) in [5, 5.41) is 29.9. The molecule has 0 aliphatic heterocycles. The maximum absolute atomic E-state index is 12.6. The minimum Gasteiger partial charge on any atom is -0.462 e. The number of hydrogen-bond acceptors (Lipinski definition) is 12. The molecule has 1 unspecified atom stereocenters. The highest BCUT2D eigenvalue weighted by Gasteiger charge is 2.28. The molecule has 0 amide bonds. The molecule has 0 aliphatic rings. The quantitative estimate of drug-likeness (QED) is 0.0147. The lowest BCUT2D eigenvalue weighted by atomic mass is 10.0. The van der Waals surface area contributed by atoms with E-state index in [-0.39, 0.29) is 19.3 Å². The van der Waals surface area contributed by atoms with Crippen LogP contribution in [0.2, 0.25) is 0 Å². The van der Waals surface area contributed by atoms with Gasteiger partial charge in [0.05, 0.1) is 32.0 Å². The Hall–Kier alpha value is -2.00. The maximum atomic E-state index is 12.6. The molecule has 6 N–H and O–H groups in total. The van der Waals surface area contributed by atoms with Gasteiger partial charge in [-0.2, -0.15) is 0 Å². The summed E-state index contributed by atoms with van der Waals surface area (Å²) in [6.07, 6.45) is 27.6. The second-order valence-electron chi connectivity index (χ2n) is 15.1. The number of carbonyl (C=O) groups is 2. The van der Waals surface area contributed by atoms with Crippen molar-refractivity contribution in [2.75, 3.05) is 26.4 Å². The number of rotatable bonds is 39.